The van der Waals surface area contributed by atoms with E-state index in [1.54, 1.807) is 32.9 Å². The fraction of sp³-hybridized carbons (Fsp3) is 0.474. The van der Waals surface area contributed by atoms with Crippen LogP contribution in [0.15, 0.2) is 30.3 Å². The van der Waals surface area contributed by atoms with Gasteiger partial charge in [-0.25, -0.2) is 9.59 Å². The van der Waals surface area contributed by atoms with Crippen molar-refractivity contribution in [2.75, 3.05) is 13.7 Å². The highest BCUT2D eigenvalue weighted by molar-refractivity contribution is 5.89. The van der Waals surface area contributed by atoms with Gasteiger partial charge in [0.15, 0.2) is 0 Å². The number of carbonyl (C=O) groups excluding carboxylic acids is 4. The van der Waals surface area contributed by atoms with Crippen LogP contribution in [0.3, 0.4) is 0 Å². The number of benzene rings is 1. The van der Waals surface area contributed by atoms with Crippen LogP contribution in [0, 0.1) is 0 Å². The summed E-state index contributed by atoms with van der Waals surface area (Å²) in [5.41, 5.74) is 0.0662. The third kappa shape index (κ3) is 9.56. The Morgan fingerprint density at radius 1 is 1.07 bits per heavy atom. The molecule has 0 radical (unpaired) electrons. The van der Waals surface area contributed by atoms with E-state index in [-0.39, 0.29) is 6.61 Å². The molecule has 0 fully saturated rings. The number of esters is 2. The van der Waals surface area contributed by atoms with Crippen LogP contribution in [-0.2, 0) is 35.2 Å². The van der Waals surface area contributed by atoms with E-state index in [4.69, 9.17) is 9.47 Å². The lowest BCUT2D eigenvalue weighted by atomic mass is 10.1. The van der Waals surface area contributed by atoms with Crippen LogP contribution in [0.2, 0.25) is 0 Å². The molecule has 0 bridgehead atoms. The van der Waals surface area contributed by atoms with Crippen LogP contribution in [0.4, 0.5) is 4.79 Å². The summed E-state index contributed by atoms with van der Waals surface area (Å²) in [7, 11) is 1.13. The predicted octanol–water partition coefficient (Wildman–Crippen LogP) is 1.30. The molecule has 0 saturated carbocycles. The smallest absolute Gasteiger partial charge is 0.407 e. The maximum Gasteiger partial charge on any atom is 0.407 e. The van der Waals surface area contributed by atoms with Crippen molar-refractivity contribution in [2.24, 2.45) is 0 Å². The first-order chi connectivity index (χ1) is 13.1. The Morgan fingerprint density at radius 2 is 1.71 bits per heavy atom. The molecule has 0 heterocycles. The summed E-state index contributed by atoms with van der Waals surface area (Å²) in [5.74, 6) is -2.15. The Kier molecular flexibility index (Phi) is 8.94. The van der Waals surface area contributed by atoms with Crippen molar-refractivity contribution in [2.45, 2.75) is 45.4 Å². The second kappa shape index (κ2) is 10.9. The molecule has 1 aromatic rings. The zero-order valence-electron chi connectivity index (χ0n) is 16.4. The molecule has 0 aliphatic rings. The van der Waals surface area contributed by atoms with E-state index in [1.807, 2.05) is 18.2 Å². The van der Waals surface area contributed by atoms with E-state index < -0.39 is 48.5 Å². The second-order valence-electron chi connectivity index (χ2n) is 6.85. The average molecular weight is 394 g/mol. The Hall–Kier alpha value is -3.10. The third-order valence-electron chi connectivity index (χ3n) is 3.22. The Balaban J connectivity index is 2.46. The van der Waals surface area contributed by atoms with Gasteiger partial charge in [-0.05, 0) is 26.3 Å². The summed E-state index contributed by atoms with van der Waals surface area (Å²) in [4.78, 5) is 47.3. The molecule has 9 nitrogen and oxygen atoms in total. The number of rotatable bonds is 8. The average Bonchev–Trinajstić information content (AvgIpc) is 2.62. The van der Waals surface area contributed by atoms with E-state index in [0.29, 0.717) is 0 Å². The molecule has 0 unspecified atom stereocenters. The van der Waals surface area contributed by atoms with Gasteiger partial charge < -0.3 is 24.8 Å². The van der Waals surface area contributed by atoms with E-state index in [0.717, 1.165) is 12.7 Å². The normalized spacial score (nSPS) is 11.7. The number of nitrogens with one attached hydrogen (secondary N) is 2. The van der Waals surface area contributed by atoms with Crippen LogP contribution in [-0.4, -0.2) is 49.2 Å². The highest BCUT2D eigenvalue weighted by Gasteiger charge is 2.27. The van der Waals surface area contributed by atoms with Crippen molar-refractivity contribution in [3.05, 3.63) is 35.9 Å². The number of methoxy groups -OCH3 is 1. The molecule has 0 saturated heterocycles. The van der Waals surface area contributed by atoms with Gasteiger partial charge in [-0.2, -0.15) is 0 Å². The van der Waals surface area contributed by atoms with Crippen molar-refractivity contribution < 1.29 is 33.4 Å². The van der Waals surface area contributed by atoms with Gasteiger partial charge in [0, 0.05) is 0 Å². The van der Waals surface area contributed by atoms with E-state index in [9.17, 15) is 19.2 Å². The minimum atomic E-state index is -1.23. The summed E-state index contributed by atoms with van der Waals surface area (Å²) in [6.07, 6.45) is -1.19. The highest BCUT2D eigenvalue weighted by atomic mass is 16.6. The zero-order valence-corrected chi connectivity index (χ0v) is 16.4. The third-order valence-corrected chi connectivity index (χ3v) is 3.22. The molecule has 28 heavy (non-hydrogen) atoms. The van der Waals surface area contributed by atoms with Crippen LogP contribution < -0.4 is 10.6 Å². The van der Waals surface area contributed by atoms with Crippen molar-refractivity contribution in [3.63, 3.8) is 0 Å². The molecule has 2 N–H and O–H groups in total. The van der Waals surface area contributed by atoms with E-state index in [2.05, 4.69) is 15.4 Å². The quantitative estimate of drug-likeness (QED) is 0.504. The van der Waals surface area contributed by atoms with Gasteiger partial charge in [0.05, 0.1) is 13.5 Å². The molecule has 2 amide bonds. The molecule has 1 rings (SSSR count). The van der Waals surface area contributed by atoms with Gasteiger partial charge in [0.1, 0.15) is 24.8 Å². The van der Waals surface area contributed by atoms with Gasteiger partial charge in [0.2, 0.25) is 5.91 Å². The summed E-state index contributed by atoms with van der Waals surface area (Å²) in [5, 5.41) is 4.59. The standard InChI is InChI=1S/C19H26N2O7/c1-19(2,3)28-16(23)10-14(17(24)26-4)21-15(22)11-20-18(25)27-12-13-8-6-5-7-9-13/h5-9,14H,10-12H2,1-4H3,(H,20,25)(H,21,22)/t14-/m1/s1. The number of carbonyl (C=O) groups is 4. The number of amides is 2. The fourth-order valence-electron chi connectivity index (χ4n) is 2.06. The minimum Gasteiger partial charge on any atom is -0.467 e. The Morgan fingerprint density at radius 3 is 2.29 bits per heavy atom. The topological polar surface area (TPSA) is 120 Å². The summed E-state index contributed by atoms with van der Waals surface area (Å²) < 4.78 is 14.7. The van der Waals surface area contributed by atoms with Crippen LogP contribution in [0.25, 0.3) is 0 Å². The SMILES string of the molecule is COC(=O)[C@@H](CC(=O)OC(C)(C)C)NC(=O)CNC(=O)OCc1ccccc1. The van der Waals surface area contributed by atoms with Crippen molar-refractivity contribution in [3.8, 4) is 0 Å². The lowest BCUT2D eigenvalue weighted by molar-refractivity contribution is -0.159. The summed E-state index contributed by atoms with van der Waals surface area (Å²) in [6, 6.07) is 7.80. The maximum atomic E-state index is 12.0. The lowest BCUT2D eigenvalue weighted by Crippen LogP contribution is -2.47. The molecular formula is C19H26N2O7. The molecule has 1 aromatic carbocycles. The Labute approximate surface area is 163 Å². The number of ether oxygens (including phenoxy) is 3. The number of hydrogen-bond acceptors (Lipinski definition) is 7. The van der Waals surface area contributed by atoms with Crippen molar-refractivity contribution in [1.82, 2.24) is 10.6 Å². The number of hydrogen-bond donors (Lipinski definition) is 2. The minimum absolute atomic E-state index is 0.0533. The summed E-state index contributed by atoms with van der Waals surface area (Å²) in [6.45, 7) is 4.66. The van der Waals surface area contributed by atoms with Gasteiger partial charge in [0.25, 0.3) is 0 Å². The lowest BCUT2D eigenvalue weighted by Gasteiger charge is -2.22. The molecule has 0 aromatic heterocycles. The van der Waals surface area contributed by atoms with Gasteiger partial charge in [-0.15, -0.1) is 0 Å². The fourth-order valence-corrected chi connectivity index (χ4v) is 2.06. The van der Waals surface area contributed by atoms with Crippen molar-refractivity contribution >= 4 is 23.9 Å². The number of alkyl carbamates (subject to hydrolysis) is 1. The van der Waals surface area contributed by atoms with Gasteiger partial charge >= 0.3 is 18.0 Å². The monoisotopic (exact) mass is 394 g/mol. The molecule has 0 aliphatic carbocycles. The second-order valence-corrected chi connectivity index (χ2v) is 6.85. The first kappa shape index (κ1) is 22.9. The first-order valence-corrected chi connectivity index (χ1v) is 8.64. The first-order valence-electron chi connectivity index (χ1n) is 8.64. The molecule has 0 aliphatic heterocycles. The highest BCUT2D eigenvalue weighted by Crippen LogP contribution is 2.10. The van der Waals surface area contributed by atoms with E-state index >= 15 is 0 Å². The van der Waals surface area contributed by atoms with Gasteiger partial charge in [-0.1, -0.05) is 30.3 Å². The molecule has 0 spiro atoms. The van der Waals surface area contributed by atoms with Gasteiger partial charge in [-0.3, -0.25) is 9.59 Å². The van der Waals surface area contributed by atoms with Crippen molar-refractivity contribution in [1.29, 1.82) is 0 Å². The predicted molar refractivity (Wildman–Crippen MR) is 99.0 cm³/mol. The zero-order chi connectivity index (χ0) is 21.2. The molecule has 1 atom stereocenters. The van der Waals surface area contributed by atoms with Crippen LogP contribution >= 0.6 is 0 Å². The largest absolute Gasteiger partial charge is 0.467 e. The van der Waals surface area contributed by atoms with Crippen LogP contribution in [0.5, 0.6) is 0 Å². The Bertz CT molecular complexity index is 683. The van der Waals surface area contributed by atoms with Crippen LogP contribution in [0.1, 0.15) is 32.8 Å². The van der Waals surface area contributed by atoms with E-state index in [1.165, 1.54) is 0 Å². The maximum absolute atomic E-state index is 12.0. The molecular weight excluding hydrogens is 368 g/mol. The molecule has 154 valence electrons. The summed E-state index contributed by atoms with van der Waals surface area (Å²) >= 11 is 0. The molecule has 9 heteroatoms.